The standard InChI is InChI=1S/C9H16N2O3/c1-5(2)7(9(13)14)11-8(12)6-3-10-4-6/h5-7,10H,3-4H2,1-2H3,(H,11,12)(H,13,14)/t7-/m0/s1. The Bertz CT molecular complexity index is 236. The number of carbonyl (C=O) groups excluding carboxylic acids is 1. The summed E-state index contributed by atoms with van der Waals surface area (Å²) in [5, 5.41) is 14.3. The van der Waals surface area contributed by atoms with E-state index >= 15 is 0 Å². The summed E-state index contributed by atoms with van der Waals surface area (Å²) in [7, 11) is 0. The molecule has 0 bridgehead atoms. The van der Waals surface area contributed by atoms with Gasteiger partial charge in [-0.15, -0.1) is 0 Å². The zero-order valence-corrected chi connectivity index (χ0v) is 8.41. The molecule has 0 aromatic carbocycles. The van der Waals surface area contributed by atoms with E-state index in [1.807, 2.05) is 0 Å². The summed E-state index contributed by atoms with van der Waals surface area (Å²) in [6, 6.07) is -0.775. The predicted octanol–water partition coefficient (Wildman–Crippen LogP) is -0.569. The average Bonchev–Trinajstić information content (AvgIpc) is 1.95. The Morgan fingerprint density at radius 3 is 2.29 bits per heavy atom. The van der Waals surface area contributed by atoms with Gasteiger partial charge >= 0.3 is 5.97 Å². The van der Waals surface area contributed by atoms with Gasteiger partial charge in [0.2, 0.25) is 5.91 Å². The van der Waals surface area contributed by atoms with Crippen molar-refractivity contribution in [2.45, 2.75) is 19.9 Å². The topological polar surface area (TPSA) is 78.4 Å². The molecule has 0 radical (unpaired) electrons. The molecule has 1 heterocycles. The number of rotatable bonds is 4. The number of hydrogen-bond acceptors (Lipinski definition) is 3. The molecule has 1 rings (SSSR count). The van der Waals surface area contributed by atoms with Crippen LogP contribution >= 0.6 is 0 Å². The van der Waals surface area contributed by atoms with Crippen LogP contribution in [0, 0.1) is 11.8 Å². The molecular formula is C9H16N2O3. The van der Waals surface area contributed by atoms with Crippen molar-refractivity contribution in [2.24, 2.45) is 11.8 Å². The molecule has 1 saturated heterocycles. The van der Waals surface area contributed by atoms with Crippen LogP contribution in [-0.2, 0) is 9.59 Å². The van der Waals surface area contributed by atoms with Gasteiger partial charge in [-0.05, 0) is 5.92 Å². The summed E-state index contributed by atoms with van der Waals surface area (Å²) >= 11 is 0. The second-order valence-electron chi connectivity index (χ2n) is 3.92. The minimum absolute atomic E-state index is 0.0596. The van der Waals surface area contributed by atoms with Gasteiger partial charge in [0.05, 0.1) is 5.92 Å². The van der Waals surface area contributed by atoms with Crippen LogP contribution in [0.25, 0.3) is 0 Å². The molecule has 1 aliphatic rings. The van der Waals surface area contributed by atoms with Gasteiger partial charge in [0.25, 0.3) is 0 Å². The number of hydrogen-bond donors (Lipinski definition) is 3. The van der Waals surface area contributed by atoms with Crippen LogP contribution in [0.1, 0.15) is 13.8 Å². The first kappa shape index (κ1) is 11.0. The van der Waals surface area contributed by atoms with Crippen molar-refractivity contribution >= 4 is 11.9 Å². The number of aliphatic carboxylic acids is 1. The highest BCUT2D eigenvalue weighted by molar-refractivity contribution is 5.85. The zero-order valence-electron chi connectivity index (χ0n) is 8.41. The van der Waals surface area contributed by atoms with Crippen molar-refractivity contribution in [3.8, 4) is 0 Å². The van der Waals surface area contributed by atoms with Crippen LogP contribution in [0.3, 0.4) is 0 Å². The Morgan fingerprint density at radius 1 is 1.43 bits per heavy atom. The van der Waals surface area contributed by atoms with Crippen molar-refractivity contribution in [1.29, 1.82) is 0 Å². The van der Waals surface area contributed by atoms with E-state index in [1.54, 1.807) is 13.8 Å². The van der Waals surface area contributed by atoms with E-state index in [1.165, 1.54) is 0 Å². The summed E-state index contributed by atoms with van der Waals surface area (Å²) in [6.45, 7) is 4.85. The molecule has 80 valence electrons. The fraction of sp³-hybridized carbons (Fsp3) is 0.778. The molecule has 1 aliphatic heterocycles. The highest BCUT2D eigenvalue weighted by atomic mass is 16.4. The highest BCUT2D eigenvalue weighted by Crippen LogP contribution is 2.06. The fourth-order valence-corrected chi connectivity index (χ4v) is 1.26. The van der Waals surface area contributed by atoms with Gasteiger partial charge in [-0.1, -0.05) is 13.8 Å². The van der Waals surface area contributed by atoms with E-state index in [-0.39, 0.29) is 17.7 Å². The van der Waals surface area contributed by atoms with Crippen molar-refractivity contribution < 1.29 is 14.7 Å². The van der Waals surface area contributed by atoms with Crippen molar-refractivity contribution in [3.63, 3.8) is 0 Å². The van der Waals surface area contributed by atoms with Crippen LogP contribution in [-0.4, -0.2) is 36.1 Å². The number of carboxylic acid groups (broad SMARTS) is 1. The lowest BCUT2D eigenvalue weighted by molar-refractivity contribution is -0.144. The lowest BCUT2D eigenvalue weighted by atomic mass is 9.99. The summed E-state index contributed by atoms with van der Waals surface area (Å²) in [4.78, 5) is 22.2. The Kier molecular flexibility index (Phi) is 3.46. The quantitative estimate of drug-likeness (QED) is 0.568. The van der Waals surface area contributed by atoms with Gasteiger partial charge in [0.1, 0.15) is 6.04 Å². The Balaban J connectivity index is 2.46. The fourth-order valence-electron chi connectivity index (χ4n) is 1.26. The van der Waals surface area contributed by atoms with Crippen molar-refractivity contribution in [1.82, 2.24) is 10.6 Å². The first-order valence-electron chi connectivity index (χ1n) is 4.76. The molecule has 5 nitrogen and oxygen atoms in total. The number of carbonyl (C=O) groups is 2. The molecule has 0 aromatic rings. The molecule has 0 saturated carbocycles. The molecule has 3 N–H and O–H groups in total. The van der Waals surface area contributed by atoms with Crippen LogP contribution < -0.4 is 10.6 Å². The normalized spacial score (nSPS) is 18.8. The van der Waals surface area contributed by atoms with E-state index in [0.29, 0.717) is 13.1 Å². The third kappa shape index (κ3) is 2.45. The average molecular weight is 200 g/mol. The SMILES string of the molecule is CC(C)[C@H](NC(=O)C1CNC1)C(=O)O. The third-order valence-electron chi connectivity index (χ3n) is 2.38. The monoisotopic (exact) mass is 200 g/mol. The summed E-state index contributed by atoms with van der Waals surface area (Å²) in [5.41, 5.74) is 0. The van der Waals surface area contributed by atoms with E-state index in [9.17, 15) is 9.59 Å². The Morgan fingerprint density at radius 2 is 2.00 bits per heavy atom. The first-order valence-corrected chi connectivity index (χ1v) is 4.76. The molecule has 0 spiro atoms. The molecule has 1 fully saturated rings. The minimum atomic E-state index is -0.972. The second kappa shape index (κ2) is 4.41. The van der Waals surface area contributed by atoms with E-state index in [0.717, 1.165) is 0 Å². The molecule has 1 atom stereocenters. The van der Waals surface area contributed by atoms with E-state index in [4.69, 9.17) is 5.11 Å². The summed E-state index contributed by atoms with van der Waals surface area (Å²) in [6.07, 6.45) is 0. The second-order valence-corrected chi connectivity index (χ2v) is 3.92. The van der Waals surface area contributed by atoms with Crippen LogP contribution in [0.4, 0.5) is 0 Å². The van der Waals surface area contributed by atoms with Gasteiger partial charge in [-0.25, -0.2) is 4.79 Å². The Labute approximate surface area is 82.9 Å². The largest absolute Gasteiger partial charge is 0.480 e. The van der Waals surface area contributed by atoms with Crippen LogP contribution in [0.2, 0.25) is 0 Å². The Hall–Kier alpha value is -1.10. The van der Waals surface area contributed by atoms with Crippen molar-refractivity contribution in [3.05, 3.63) is 0 Å². The number of carboxylic acids is 1. The summed E-state index contributed by atoms with van der Waals surface area (Å²) in [5.74, 6) is -1.29. The maximum atomic E-state index is 11.4. The molecular weight excluding hydrogens is 184 g/mol. The molecule has 14 heavy (non-hydrogen) atoms. The van der Waals surface area contributed by atoms with Crippen LogP contribution in [0.15, 0.2) is 0 Å². The van der Waals surface area contributed by atoms with Gasteiger partial charge in [-0.2, -0.15) is 0 Å². The maximum absolute atomic E-state index is 11.4. The highest BCUT2D eigenvalue weighted by Gasteiger charge is 2.30. The smallest absolute Gasteiger partial charge is 0.326 e. The van der Waals surface area contributed by atoms with E-state index in [2.05, 4.69) is 10.6 Å². The first-order chi connectivity index (χ1) is 6.52. The predicted molar refractivity (Wildman–Crippen MR) is 50.8 cm³/mol. The van der Waals surface area contributed by atoms with Gasteiger partial charge in [0.15, 0.2) is 0 Å². The van der Waals surface area contributed by atoms with Gasteiger partial charge in [-0.3, -0.25) is 4.79 Å². The molecule has 0 aliphatic carbocycles. The molecule has 0 aromatic heterocycles. The number of nitrogens with one attached hydrogen (secondary N) is 2. The van der Waals surface area contributed by atoms with Gasteiger partial charge in [0, 0.05) is 13.1 Å². The van der Waals surface area contributed by atoms with E-state index < -0.39 is 12.0 Å². The lowest BCUT2D eigenvalue weighted by Gasteiger charge is -2.28. The van der Waals surface area contributed by atoms with Crippen molar-refractivity contribution in [2.75, 3.05) is 13.1 Å². The number of amides is 1. The molecule has 0 unspecified atom stereocenters. The van der Waals surface area contributed by atoms with Crippen LogP contribution in [0.5, 0.6) is 0 Å². The lowest BCUT2D eigenvalue weighted by Crippen LogP contribution is -2.55. The molecule has 5 heteroatoms. The van der Waals surface area contributed by atoms with Gasteiger partial charge < -0.3 is 15.7 Å². The molecule has 1 amide bonds. The zero-order chi connectivity index (χ0) is 10.7. The minimum Gasteiger partial charge on any atom is -0.480 e. The summed E-state index contributed by atoms with van der Waals surface area (Å²) < 4.78 is 0. The maximum Gasteiger partial charge on any atom is 0.326 e. The third-order valence-corrected chi connectivity index (χ3v) is 2.38.